The molecule has 6 heteroatoms. The van der Waals surface area contributed by atoms with Crippen molar-refractivity contribution in [1.82, 2.24) is 10.2 Å². The summed E-state index contributed by atoms with van der Waals surface area (Å²) < 4.78 is 0. The van der Waals surface area contributed by atoms with Gasteiger partial charge >= 0.3 is 0 Å². The molecule has 0 aromatic rings. The lowest BCUT2D eigenvalue weighted by molar-refractivity contribution is -0.138. The van der Waals surface area contributed by atoms with Gasteiger partial charge in [0.1, 0.15) is 6.04 Å². The normalized spacial score (nSPS) is 22.5. The number of hydrogen-bond donors (Lipinski definition) is 2. The smallest absolute Gasteiger partial charge is 0.243 e. The molecule has 3 N–H and O–H groups in total. The van der Waals surface area contributed by atoms with E-state index in [0.717, 1.165) is 25.7 Å². The van der Waals surface area contributed by atoms with E-state index in [2.05, 4.69) is 5.32 Å². The average molecular weight is 276 g/mol. The fourth-order valence-corrected chi connectivity index (χ4v) is 2.26. The zero-order chi connectivity index (χ0) is 12.3. The number of halogens is 1. The van der Waals surface area contributed by atoms with Crippen molar-refractivity contribution in [3.63, 3.8) is 0 Å². The van der Waals surface area contributed by atoms with E-state index in [1.165, 1.54) is 0 Å². The van der Waals surface area contributed by atoms with Crippen LogP contribution in [0, 0.1) is 0 Å². The Morgan fingerprint density at radius 1 is 1.28 bits per heavy atom. The average Bonchev–Trinajstić information content (AvgIpc) is 2.98. The van der Waals surface area contributed by atoms with E-state index in [1.807, 2.05) is 0 Å². The second kappa shape index (κ2) is 6.95. The molecule has 2 fully saturated rings. The van der Waals surface area contributed by atoms with Crippen molar-refractivity contribution in [2.24, 2.45) is 5.73 Å². The van der Waals surface area contributed by atoms with Crippen LogP contribution in [-0.2, 0) is 9.59 Å². The zero-order valence-corrected chi connectivity index (χ0v) is 11.4. The molecule has 104 valence electrons. The molecular formula is C12H22ClN3O2. The summed E-state index contributed by atoms with van der Waals surface area (Å²) in [6.07, 6.45) is 5.05. The van der Waals surface area contributed by atoms with Crippen LogP contribution in [0.3, 0.4) is 0 Å². The molecule has 1 saturated carbocycles. The lowest BCUT2D eigenvalue weighted by Crippen LogP contribution is -2.46. The molecule has 2 amide bonds. The molecule has 1 unspecified atom stereocenters. The topological polar surface area (TPSA) is 75.4 Å². The minimum Gasteiger partial charge on any atom is -0.352 e. The Bertz CT molecular complexity index is 308. The van der Waals surface area contributed by atoms with Crippen LogP contribution in [0.5, 0.6) is 0 Å². The molecule has 1 saturated heterocycles. The van der Waals surface area contributed by atoms with Crippen molar-refractivity contribution in [2.75, 3.05) is 13.1 Å². The molecule has 1 aliphatic carbocycles. The standard InChI is InChI=1S/C12H21N3O2.ClH/c13-7-1-4-11(16)15-8-2-3-10(15)12(17)14-9-5-6-9;/h9-10H,1-8,13H2,(H,14,17);1H. The second-order valence-electron chi connectivity index (χ2n) is 4.92. The fourth-order valence-electron chi connectivity index (χ4n) is 2.26. The first kappa shape index (κ1) is 15.2. The van der Waals surface area contributed by atoms with Gasteiger partial charge in [-0.2, -0.15) is 0 Å². The van der Waals surface area contributed by atoms with Crippen LogP contribution in [0.2, 0.25) is 0 Å². The van der Waals surface area contributed by atoms with Gasteiger partial charge in [0.05, 0.1) is 0 Å². The molecule has 0 aromatic heterocycles. The molecule has 0 bridgehead atoms. The van der Waals surface area contributed by atoms with Crippen molar-refractivity contribution in [1.29, 1.82) is 0 Å². The minimum absolute atomic E-state index is 0. The number of amides is 2. The summed E-state index contributed by atoms with van der Waals surface area (Å²) in [5.41, 5.74) is 5.39. The summed E-state index contributed by atoms with van der Waals surface area (Å²) in [4.78, 5) is 25.6. The van der Waals surface area contributed by atoms with Crippen molar-refractivity contribution in [3.8, 4) is 0 Å². The van der Waals surface area contributed by atoms with E-state index in [9.17, 15) is 9.59 Å². The molecule has 5 nitrogen and oxygen atoms in total. The highest BCUT2D eigenvalue weighted by Gasteiger charge is 2.35. The van der Waals surface area contributed by atoms with Crippen molar-refractivity contribution >= 4 is 24.2 Å². The van der Waals surface area contributed by atoms with Crippen LogP contribution in [0.4, 0.5) is 0 Å². The monoisotopic (exact) mass is 275 g/mol. The van der Waals surface area contributed by atoms with Crippen molar-refractivity contribution in [3.05, 3.63) is 0 Å². The van der Waals surface area contributed by atoms with Gasteiger partial charge < -0.3 is 16.0 Å². The number of nitrogens with zero attached hydrogens (tertiary/aromatic N) is 1. The van der Waals surface area contributed by atoms with Crippen LogP contribution in [0.25, 0.3) is 0 Å². The molecule has 2 aliphatic rings. The van der Waals surface area contributed by atoms with Gasteiger partial charge in [-0.25, -0.2) is 0 Å². The van der Waals surface area contributed by atoms with Crippen LogP contribution in [0.1, 0.15) is 38.5 Å². The lowest BCUT2D eigenvalue weighted by atomic mass is 10.2. The van der Waals surface area contributed by atoms with Gasteiger partial charge in [-0.05, 0) is 38.6 Å². The van der Waals surface area contributed by atoms with Crippen LogP contribution < -0.4 is 11.1 Å². The Labute approximate surface area is 114 Å². The third kappa shape index (κ3) is 3.85. The zero-order valence-electron chi connectivity index (χ0n) is 10.6. The van der Waals surface area contributed by atoms with Gasteiger partial charge in [0, 0.05) is 19.0 Å². The molecular weight excluding hydrogens is 254 g/mol. The van der Waals surface area contributed by atoms with E-state index >= 15 is 0 Å². The van der Waals surface area contributed by atoms with Gasteiger partial charge in [0.15, 0.2) is 0 Å². The maximum atomic E-state index is 12.0. The van der Waals surface area contributed by atoms with Crippen molar-refractivity contribution < 1.29 is 9.59 Å². The van der Waals surface area contributed by atoms with Gasteiger partial charge in [0.2, 0.25) is 11.8 Å². The Morgan fingerprint density at radius 3 is 2.61 bits per heavy atom. The highest BCUT2D eigenvalue weighted by Crippen LogP contribution is 2.22. The Balaban J connectivity index is 0.00000162. The Kier molecular flexibility index (Phi) is 5.88. The number of carbonyl (C=O) groups excluding carboxylic acids is 2. The first-order chi connectivity index (χ1) is 8.22. The molecule has 1 heterocycles. The number of rotatable bonds is 5. The number of nitrogens with two attached hydrogens (primary N) is 1. The summed E-state index contributed by atoms with van der Waals surface area (Å²) in [6.45, 7) is 1.24. The van der Waals surface area contributed by atoms with Crippen LogP contribution in [-0.4, -0.2) is 41.9 Å². The number of hydrogen-bond acceptors (Lipinski definition) is 3. The van der Waals surface area contributed by atoms with Crippen molar-refractivity contribution in [2.45, 2.75) is 50.6 Å². The van der Waals surface area contributed by atoms with Gasteiger partial charge in [-0.1, -0.05) is 0 Å². The van der Waals surface area contributed by atoms with E-state index in [1.54, 1.807) is 4.90 Å². The fraction of sp³-hybridized carbons (Fsp3) is 0.833. The largest absolute Gasteiger partial charge is 0.352 e. The summed E-state index contributed by atoms with van der Waals surface area (Å²) in [7, 11) is 0. The van der Waals surface area contributed by atoms with Gasteiger partial charge in [0.25, 0.3) is 0 Å². The number of carbonyl (C=O) groups is 2. The minimum atomic E-state index is -0.235. The third-order valence-corrected chi connectivity index (χ3v) is 3.39. The number of nitrogens with one attached hydrogen (secondary N) is 1. The highest BCUT2D eigenvalue weighted by atomic mass is 35.5. The van der Waals surface area contributed by atoms with E-state index in [4.69, 9.17) is 5.73 Å². The van der Waals surface area contributed by atoms with E-state index < -0.39 is 0 Å². The third-order valence-electron chi connectivity index (χ3n) is 3.39. The first-order valence-corrected chi connectivity index (χ1v) is 6.52. The maximum Gasteiger partial charge on any atom is 0.243 e. The molecule has 1 atom stereocenters. The summed E-state index contributed by atoms with van der Waals surface area (Å²) >= 11 is 0. The molecule has 0 spiro atoms. The molecule has 18 heavy (non-hydrogen) atoms. The van der Waals surface area contributed by atoms with Crippen LogP contribution >= 0.6 is 12.4 Å². The summed E-state index contributed by atoms with van der Waals surface area (Å²) in [5, 5.41) is 2.98. The molecule has 1 aliphatic heterocycles. The second-order valence-corrected chi connectivity index (χ2v) is 4.92. The summed E-state index contributed by atoms with van der Waals surface area (Å²) in [6, 6.07) is 0.130. The molecule has 2 rings (SSSR count). The van der Waals surface area contributed by atoms with Gasteiger partial charge in [-0.15, -0.1) is 12.4 Å². The molecule has 0 radical (unpaired) electrons. The molecule has 0 aromatic carbocycles. The van der Waals surface area contributed by atoms with Gasteiger partial charge in [-0.3, -0.25) is 9.59 Å². The summed E-state index contributed by atoms with van der Waals surface area (Å²) in [5.74, 6) is 0.106. The maximum absolute atomic E-state index is 12.0. The SMILES string of the molecule is Cl.NCCCC(=O)N1CCCC1C(=O)NC1CC1. The van der Waals surface area contributed by atoms with E-state index in [0.29, 0.717) is 32.0 Å². The lowest BCUT2D eigenvalue weighted by Gasteiger charge is -2.24. The predicted octanol–water partition coefficient (Wildman–Crippen LogP) is 0.417. The Hall–Kier alpha value is -0.810. The van der Waals surface area contributed by atoms with E-state index in [-0.39, 0.29) is 30.3 Å². The predicted molar refractivity (Wildman–Crippen MR) is 71.4 cm³/mol. The highest BCUT2D eigenvalue weighted by molar-refractivity contribution is 5.88. The first-order valence-electron chi connectivity index (χ1n) is 6.52. The number of likely N-dealkylation sites (tertiary alicyclic amines) is 1. The van der Waals surface area contributed by atoms with Crippen LogP contribution in [0.15, 0.2) is 0 Å². The quantitative estimate of drug-likeness (QED) is 0.763. The Morgan fingerprint density at radius 2 is 2.00 bits per heavy atom.